The zero-order valence-electron chi connectivity index (χ0n) is 13.9. The number of carbonyl (C=O) groups excluding carboxylic acids is 1. The predicted molar refractivity (Wildman–Crippen MR) is 99.4 cm³/mol. The minimum absolute atomic E-state index is 0. The molecular weight excluding hydrogens is 351 g/mol. The summed E-state index contributed by atoms with van der Waals surface area (Å²) < 4.78 is 5.24. The van der Waals surface area contributed by atoms with E-state index in [0.717, 1.165) is 57.0 Å². The number of hydrogen-bond acceptors (Lipinski definition) is 5. The third kappa shape index (κ3) is 4.65. The van der Waals surface area contributed by atoms with Crippen molar-refractivity contribution in [2.75, 3.05) is 38.2 Å². The molecule has 2 fully saturated rings. The molecule has 2 N–H and O–H groups in total. The van der Waals surface area contributed by atoms with Crippen LogP contribution < -0.4 is 15.4 Å². The topological polar surface area (TPSA) is 71.7 Å². The number of amides is 1. The number of rotatable bonds is 3. The second-order valence-electron chi connectivity index (χ2n) is 6.14. The Labute approximate surface area is 155 Å². The summed E-state index contributed by atoms with van der Waals surface area (Å²) in [5.41, 5.74) is 5.92. The second-order valence-corrected chi connectivity index (χ2v) is 6.14. The van der Waals surface area contributed by atoms with Gasteiger partial charge in [-0.25, -0.2) is 4.98 Å². The van der Waals surface area contributed by atoms with Crippen LogP contribution in [-0.4, -0.2) is 55.1 Å². The van der Waals surface area contributed by atoms with Crippen LogP contribution in [0, 0.1) is 5.92 Å². The lowest BCUT2D eigenvalue weighted by Gasteiger charge is -2.36. The molecule has 1 amide bonds. The first-order valence-corrected chi connectivity index (χ1v) is 7.96. The van der Waals surface area contributed by atoms with Crippen LogP contribution in [0.25, 0.3) is 0 Å². The molecule has 0 spiro atoms. The third-order valence-corrected chi connectivity index (χ3v) is 4.69. The minimum Gasteiger partial charge on any atom is -0.497 e. The van der Waals surface area contributed by atoms with Gasteiger partial charge >= 0.3 is 0 Å². The van der Waals surface area contributed by atoms with Gasteiger partial charge in [0.2, 0.25) is 5.91 Å². The van der Waals surface area contributed by atoms with Crippen LogP contribution in [0.5, 0.6) is 5.75 Å². The van der Waals surface area contributed by atoms with Crippen molar-refractivity contribution >= 4 is 36.5 Å². The van der Waals surface area contributed by atoms with Gasteiger partial charge in [0.15, 0.2) is 0 Å². The van der Waals surface area contributed by atoms with Crippen LogP contribution in [-0.2, 0) is 4.79 Å². The number of aromatic nitrogens is 1. The summed E-state index contributed by atoms with van der Waals surface area (Å²) in [5.74, 6) is 2.14. The van der Waals surface area contributed by atoms with Gasteiger partial charge in [0.25, 0.3) is 0 Å². The molecule has 6 nitrogen and oxygen atoms in total. The number of hydrogen-bond donors (Lipinski definition) is 1. The van der Waals surface area contributed by atoms with Crippen molar-refractivity contribution in [3.8, 4) is 5.75 Å². The Hall–Kier alpha value is -1.24. The first-order valence-electron chi connectivity index (χ1n) is 7.96. The largest absolute Gasteiger partial charge is 0.497 e. The van der Waals surface area contributed by atoms with E-state index < -0.39 is 0 Å². The number of piperazine rings is 1. The van der Waals surface area contributed by atoms with Crippen LogP contribution in [0.4, 0.5) is 5.82 Å². The Kier molecular flexibility index (Phi) is 8.06. The quantitative estimate of drug-likeness (QED) is 0.869. The minimum atomic E-state index is 0. The van der Waals surface area contributed by atoms with Crippen LogP contribution in [0.2, 0.25) is 0 Å². The summed E-state index contributed by atoms with van der Waals surface area (Å²) in [4.78, 5) is 21.1. The maximum atomic E-state index is 12.5. The van der Waals surface area contributed by atoms with E-state index in [-0.39, 0.29) is 42.7 Å². The maximum Gasteiger partial charge on any atom is 0.225 e. The Morgan fingerprint density at radius 2 is 1.96 bits per heavy atom. The predicted octanol–water partition coefficient (Wildman–Crippen LogP) is 1.71. The summed E-state index contributed by atoms with van der Waals surface area (Å²) in [6.07, 6.45) is 4.52. The molecule has 3 rings (SSSR count). The van der Waals surface area contributed by atoms with E-state index in [0.29, 0.717) is 0 Å². The molecule has 1 aromatic rings. The van der Waals surface area contributed by atoms with E-state index in [1.807, 2.05) is 17.0 Å². The monoisotopic (exact) mass is 376 g/mol. The van der Waals surface area contributed by atoms with Crippen LogP contribution >= 0.6 is 24.8 Å². The smallest absolute Gasteiger partial charge is 0.225 e. The van der Waals surface area contributed by atoms with E-state index in [1.165, 1.54) is 0 Å². The lowest BCUT2D eigenvalue weighted by molar-refractivity contribution is -0.135. The Bertz CT molecular complexity index is 539. The highest BCUT2D eigenvalue weighted by Gasteiger charge is 2.32. The molecule has 2 heterocycles. The van der Waals surface area contributed by atoms with Crippen molar-refractivity contribution in [3.05, 3.63) is 18.3 Å². The standard InChI is InChI=1S/C16H24N4O2.2ClH/c1-22-14-4-5-18-15(11-14)19-6-8-20(9-7-19)16(21)12-2-3-13(17)10-12;;/h4-5,11-13H,2-3,6-10,17H2,1H3;2*1H. The van der Waals surface area contributed by atoms with Gasteiger partial charge in [-0.15, -0.1) is 24.8 Å². The second kappa shape index (κ2) is 9.30. The summed E-state index contributed by atoms with van der Waals surface area (Å²) in [6.45, 7) is 3.13. The van der Waals surface area contributed by atoms with Gasteiger partial charge in [0.05, 0.1) is 7.11 Å². The fraction of sp³-hybridized carbons (Fsp3) is 0.625. The SMILES string of the molecule is COc1ccnc(N2CCN(C(=O)C3CCC(N)C3)CC2)c1.Cl.Cl. The molecule has 24 heavy (non-hydrogen) atoms. The third-order valence-electron chi connectivity index (χ3n) is 4.69. The first kappa shape index (κ1) is 20.8. The molecule has 2 unspecified atom stereocenters. The van der Waals surface area contributed by atoms with Crippen molar-refractivity contribution < 1.29 is 9.53 Å². The Balaban J connectivity index is 0.00000144. The number of methoxy groups -OCH3 is 1. The van der Waals surface area contributed by atoms with Gasteiger partial charge in [0, 0.05) is 50.4 Å². The molecule has 0 bridgehead atoms. The van der Waals surface area contributed by atoms with E-state index in [9.17, 15) is 4.79 Å². The molecule has 1 aromatic heterocycles. The molecule has 1 saturated carbocycles. The molecule has 0 radical (unpaired) electrons. The summed E-state index contributed by atoms with van der Waals surface area (Å²) in [5, 5.41) is 0. The lowest BCUT2D eigenvalue weighted by Crippen LogP contribution is -2.50. The highest BCUT2D eigenvalue weighted by molar-refractivity contribution is 5.85. The highest BCUT2D eigenvalue weighted by atomic mass is 35.5. The van der Waals surface area contributed by atoms with E-state index in [1.54, 1.807) is 13.3 Å². The Morgan fingerprint density at radius 3 is 2.54 bits per heavy atom. The fourth-order valence-electron chi connectivity index (χ4n) is 3.35. The first-order chi connectivity index (χ1) is 10.7. The number of nitrogens with two attached hydrogens (primary N) is 1. The number of carbonyl (C=O) groups is 1. The fourth-order valence-corrected chi connectivity index (χ4v) is 3.35. The van der Waals surface area contributed by atoms with E-state index >= 15 is 0 Å². The van der Waals surface area contributed by atoms with E-state index in [2.05, 4.69) is 9.88 Å². The number of pyridine rings is 1. The number of anilines is 1. The molecule has 8 heteroatoms. The molecule has 2 atom stereocenters. The van der Waals surface area contributed by atoms with Gasteiger partial charge in [0.1, 0.15) is 11.6 Å². The van der Waals surface area contributed by atoms with Gasteiger partial charge < -0.3 is 20.3 Å². The Morgan fingerprint density at radius 1 is 1.25 bits per heavy atom. The molecule has 136 valence electrons. The van der Waals surface area contributed by atoms with Crippen molar-refractivity contribution in [2.45, 2.75) is 25.3 Å². The average molecular weight is 377 g/mol. The van der Waals surface area contributed by atoms with Gasteiger partial charge in [-0.2, -0.15) is 0 Å². The van der Waals surface area contributed by atoms with Crippen LogP contribution in [0.15, 0.2) is 18.3 Å². The van der Waals surface area contributed by atoms with Gasteiger partial charge in [-0.05, 0) is 25.3 Å². The molecule has 1 aliphatic heterocycles. The summed E-state index contributed by atoms with van der Waals surface area (Å²) in [7, 11) is 1.65. The molecule has 0 aromatic carbocycles. The number of halogens is 2. The number of ether oxygens (including phenoxy) is 1. The number of nitrogens with zero attached hydrogens (tertiary/aromatic N) is 3. The van der Waals surface area contributed by atoms with E-state index in [4.69, 9.17) is 10.5 Å². The highest BCUT2D eigenvalue weighted by Crippen LogP contribution is 2.27. The summed E-state index contributed by atoms with van der Waals surface area (Å²) >= 11 is 0. The van der Waals surface area contributed by atoms with Crippen molar-refractivity contribution in [2.24, 2.45) is 11.7 Å². The zero-order valence-corrected chi connectivity index (χ0v) is 15.5. The molecular formula is C16H26Cl2N4O2. The zero-order chi connectivity index (χ0) is 15.5. The van der Waals surface area contributed by atoms with Gasteiger partial charge in [-0.1, -0.05) is 0 Å². The normalized spacial score (nSPS) is 23.2. The van der Waals surface area contributed by atoms with Crippen molar-refractivity contribution in [3.63, 3.8) is 0 Å². The maximum absolute atomic E-state index is 12.5. The van der Waals surface area contributed by atoms with Crippen molar-refractivity contribution in [1.29, 1.82) is 0 Å². The lowest BCUT2D eigenvalue weighted by atomic mass is 10.1. The summed E-state index contributed by atoms with van der Waals surface area (Å²) in [6, 6.07) is 3.98. The van der Waals surface area contributed by atoms with Gasteiger partial charge in [-0.3, -0.25) is 4.79 Å². The molecule has 2 aliphatic rings. The average Bonchev–Trinajstić information content (AvgIpc) is 3.01. The molecule has 1 aliphatic carbocycles. The van der Waals surface area contributed by atoms with Crippen LogP contribution in [0.1, 0.15) is 19.3 Å². The molecule has 1 saturated heterocycles. The van der Waals surface area contributed by atoms with Crippen molar-refractivity contribution in [1.82, 2.24) is 9.88 Å². The van der Waals surface area contributed by atoms with Crippen LogP contribution in [0.3, 0.4) is 0 Å².